The van der Waals surface area contributed by atoms with Crippen LogP contribution in [0.4, 0.5) is 4.39 Å². The molecule has 1 aromatic heterocycles. The number of aromatic nitrogens is 1. The maximum absolute atomic E-state index is 13.8. The molecular formula is C16H11ClFNO. The van der Waals surface area contributed by atoms with Crippen LogP contribution < -0.4 is 0 Å². The summed E-state index contributed by atoms with van der Waals surface area (Å²) in [6.07, 6.45) is 0.597. The zero-order valence-corrected chi connectivity index (χ0v) is 11.2. The first-order chi connectivity index (χ1) is 9.66. The summed E-state index contributed by atoms with van der Waals surface area (Å²) < 4.78 is 13.8. The molecule has 0 bridgehead atoms. The monoisotopic (exact) mass is 287 g/mol. The van der Waals surface area contributed by atoms with Gasteiger partial charge >= 0.3 is 0 Å². The Morgan fingerprint density at radius 3 is 2.75 bits per heavy atom. The Morgan fingerprint density at radius 1 is 1.10 bits per heavy atom. The second-order valence-electron chi connectivity index (χ2n) is 4.49. The molecule has 0 aliphatic carbocycles. The van der Waals surface area contributed by atoms with Crippen LogP contribution in [0.5, 0.6) is 0 Å². The van der Waals surface area contributed by atoms with Gasteiger partial charge in [0.25, 0.3) is 0 Å². The van der Waals surface area contributed by atoms with Gasteiger partial charge in [0, 0.05) is 22.2 Å². The number of nitrogens with zero attached hydrogens (tertiary/aromatic N) is 1. The summed E-state index contributed by atoms with van der Waals surface area (Å²) in [5.74, 6) is -0.517. The Kier molecular flexibility index (Phi) is 3.38. The van der Waals surface area contributed by atoms with Gasteiger partial charge in [-0.1, -0.05) is 29.8 Å². The molecule has 2 aromatic carbocycles. The fourth-order valence-corrected chi connectivity index (χ4v) is 2.47. The minimum absolute atomic E-state index is 0.0948. The topological polar surface area (TPSA) is 33.1 Å². The maximum atomic E-state index is 13.8. The Labute approximate surface area is 120 Å². The van der Waals surface area contributed by atoms with Crippen molar-refractivity contribution in [2.24, 2.45) is 0 Å². The molecule has 1 unspecified atom stereocenters. The molecule has 0 radical (unpaired) electrons. The van der Waals surface area contributed by atoms with Crippen LogP contribution in [0.15, 0.2) is 54.7 Å². The molecule has 0 fully saturated rings. The third-order valence-corrected chi connectivity index (χ3v) is 3.55. The van der Waals surface area contributed by atoms with E-state index >= 15 is 0 Å². The van der Waals surface area contributed by atoms with E-state index in [-0.39, 0.29) is 10.6 Å². The van der Waals surface area contributed by atoms with Gasteiger partial charge in [0.05, 0.1) is 5.52 Å². The molecule has 0 saturated carbocycles. The standard InChI is InChI=1S/C16H11ClFNO/c17-12-4-1-5-13(18)15(12)16(20)11-6-7-14-10(9-11)3-2-8-19-14/h1-9,16,20H. The zero-order valence-electron chi connectivity index (χ0n) is 10.4. The number of fused-ring (bicyclic) bond motifs is 1. The average Bonchev–Trinajstić information content (AvgIpc) is 2.46. The summed E-state index contributed by atoms with van der Waals surface area (Å²) in [4.78, 5) is 4.21. The molecule has 0 saturated heterocycles. The number of hydrogen-bond acceptors (Lipinski definition) is 2. The number of halogens is 2. The first-order valence-electron chi connectivity index (χ1n) is 6.13. The van der Waals surface area contributed by atoms with Gasteiger partial charge in [-0.2, -0.15) is 0 Å². The number of aliphatic hydroxyl groups is 1. The summed E-state index contributed by atoms with van der Waals surface area (Å²) in [5.41, 5.74) is 1.50. The molecule has 0 aliphatic rings. The minimum atomic E-state index is -1.10. The van der Waals surface area contributed by atoms with Crippen LogP contribution in [0.25, 0.3) is 10.9 Å². The highest BCUT2D eigenvalue weighted by molar-refractivity contribution is 6.31. The van der Waals surface area contributed by atoms with Gasteiger partial charge in [0.1, 0.15) is 11.9 Å². The quantitative estimate of drug-likeness (QED) is 0.769. The summed E-state index contributed by atoms with van der Waals surface area (Å²) in [5, 5.41) is 11.5. The predicted octanol–water partition coefficient (Wildman–Crippen LogP) is 4.11. The lowest BCUT2D eigenvalue weighted by Crippen LogP contribution is -2.03. The zero-order chi connectivity index (χ0) is 14.1. The van der Waals surface area contributed by atoms with Crippen LogP contribution in [0.3, 0.4) is 0 Å². The predicted molar refractivity (Wildman–Crippen MR) is 77.2 cm³/mol. The lowest BCUT2D eigenvalue weighted by Gasteiger charge is -2.14. The summed E-state index contributed by atoms with van der Waals surface area (Å²) in [7, 11) is 0. The molecule has 0 aliphatic heterocycles. The molecular weight excluding hydrogens is 277 g/mol. The molecule has 3 aromatic rings. The van der Waals surface area contributed by atoms with Crippen molar-refractivity contribution in [1.29, 1.82) is 0 Å². The van der Waals surface area contributed by atoms with E-state index in [1.807, 2.05) is 12.1 Å². The summed E-state index contributed by atoms with van der Waals surface area (Å²) >= 11 is 5.98. The highest BCUT2D eigenvalue weighted by atomic mass is 35.5. The van der Waals surface area contributed by atoms with Crippen molar-refractivity contribution >= 4 is 22.5 Å². The second kappa shape index (κ2) is 5.19. The summed E-state index contributed by atoms with van der Waals surface area (Å²) in [6, 6.07) is 13.4. The van der Waals surface area contributed by atoms with Crippen molar-refractivity contribution in [3.8, 4) is 0 Å². The minimum Gasteiger partial charge on any atom is -0.383 e. The lowest BCUT2D eigenvalue weighted by atomic mass is 9.99. The van der Waals surface area contributed by atoms with E-state index in [0.29, 0.717) is 5.56 Å². The molecule has 1 atom stereocenters. The Bertz CT molecular complexity index is 755. The molecule has 20 heavy (non-hydrogen) atoms. The largest absolute Gasteiger partial charge is 0.383 e. The van der Waals surface area contributed by atoms with Crippen molar-refractivity contribution in [3.63, 3.8) is 0 Å². The van der Waals surface area contributed by atoms with Crippen molar-refractivity contribution in [2.45, 2.75) is 6.10 Å². The highest BCUT2D eigenvalue weighted by Crippen LogP contribution is 2.31. The normalized spacial score (nSPS) is 12.6. The van der Waals surface area contributed by atoms with Gasteiger partial charge in [-0.15, -0.1) is 0 Å². The first-order valence-corrected chi connectivity index (χ1v) is 6.51. The Morgan fingerprint density at radius 2 is 1.95 bits per heavy atom. The van der Waals surface area contributed by atoms with Crippen molar-refractivity contribution in [2.75, 3.05) is 0 Å². The van der Waals surface area contributed by atoms with Crippen molar-refractivity contribution in [3.05, 3.63) is 76.7 Å². The number of benzene rings is 2. The van der Waals surface area contributed by atoms with Crippen LogP contribution in [0, 0.1) is 5.82 Å². The lowest BCUT2D eigenvalue weighted by molar-refractivity contribution is 0.215. The van der Waals surface area contributed by atoms with Gasteiger partial charge in [0.2, 0.25) is 0 Å². The highest BCUT2D eigenvalue weighted by Gasteiger charge is 2.18. The molecule has 0 spiro atoms. The van der Waals surface area contributed by atoms with Gasteiger partial charge in [0.15, 0.2) is 0 Å². The van der Waals surface area contributed by atoms with Gasteiger partial charge in [-0.3, -0.25) is 4.98 Å². The maximum Gasteiger partial charge on any atom is 0.130 e. The van der Waals surface area contributed by atoms with Crippen molar-refractivity contribution in [1.82, 2.24) is 4.98 Å². The molecule has 0 amide bonds. The van der Waals surface area contributed by atoms with E-state index < -0.39 is 11.9 Å². The van der Waals surface area contributed by atoms with E-state index in [1.54, 1.807) is 30.5 Å². The first kappa shape index (κ1) is 13.0. The molecule has 4 heteroatoms. The van der Waals surface area contributed by atoms with Gasteiger partial charge < -0.3 is 5.11 Å². The average molecular weight is 288 g/mol. The summed E-state index contributed by atoms with van der Waals surface area (Å²) in [6.45, 7) is 0. The van der Waals surface area contributed by atoms with E-state index in [4.69, 9.17) is 11.6 Å². The van der Waals surface area contributed by atoms with Crippen molar-refractivity contribution < 1.29 is 9.50 Å². The fraction of sp³-hybridized carbons (Fsp3) is 0.0625. The van der Waals surface area contributed by atoms with Crippen LogP contribution in [-0.2, 0) is 0 Å². The van der Waals surface area contributed by atoms with Crippen LogP contribution >= 0.6 is 11.6 Å². The van der Waals surface area contributed by atoms with Gasteiger partial charge in [-0.05, 0) is 35.9 Å². The molecule has 3 rings (SSSR count). The Hall–Kier alpha value is -1.97. The number of pyridine rings is 1. The van der Waals surface area contributed by atoms with Gasteiger partial charge in [-0.25, -0.2) is 4.39 Å². The van der Waals surface area contributed by atoms with Crippen LogP contribution in [0.2, 0.25) is 5.02 Å². The van der Waals surface area contributed by atoms with Crippen LogP contribution in [-0.4, -0.2) is 10.1 Å². The number of rotatable bonds is 2. The molecule has 1 N–H and O–H groups in total. The molecule has 100 valence electrons. The van der Waals surface area contributed by atoms with E-state index in [9.17, 15) is 9.50 Å². The van der Waals surface area contributed by atoms with E-state index in [2.05, 4.69) is 4.98 Å². The number of hydrogen-bond donors (Lipinski definition) is 1. The number of aliphatic hydroxyl groups excluding tert-OH is 1. The third-order valence-electron chi connectivity index (χ3n) is 3.22. The van der Waals surface area contributed by atoms with E-state index in [1.165, 1.54) is 12.1 Å². The third kappa shape index (κ3) is 2.26. The molecule has 1 heterocycles. The smallest absolute Gasteiger partial charge is 0.130 e. The van der Waals surface area contributed by atoms with Crippen LogP contribution in [0.1, 0.15) is 17.2 Å². The Balaban J connectivity index is 2.10. The SMILES string of the molecule is OC(c1ccc2ncccc2c1)c1c(F)cccc1Cl. The van der Waals surface area contributed by atoms with E-state index in [0.717, 1.165) is 10.9 Å². The fourth-order valence-electron chi connectivity index (χ4n) is 2.20. The molecule has 2 nitrogen and oxygen atoms in total. The second-order valence-corrected chi connectivity index (χ2v) is 4.90.